The Hall–Kier alpha value is -4.01. The van der Waals surface area contributed by atoms with Gasteiger partial charge in [0, 0.05) is 6.42 Å². The van der Waals surface area contributed by atoms with E-state index >= 15 is 0 Å². The third kappa shape index (κ3) is 6.11. The maximum Gasteiger partial charge on any atom is 0.330 e. The topological polar surface area (TPSA) is 119 Å². The lowest BCUT2D eigenvalue weighted by Gasteiger charge is -2.25. The van der Waals surface area contributed by atoms with Crippen LogP contribution in [0.2, 0.25) is 0 Å². The van der Waals surface area contributed by atoms with Gasteiger partial charge in [-0.1, -0.05) is 56.3 Å². The number of rotatable bonds is 10. The van der Waals surface area contributed by atoms with Crippen molar-refractivity contribution in [3.05, 3.63) is 71.3 Å². The molecular formula is C26H28N2O7. The van der Waals surface area contributed by atoms with Crippen molar-refractivity contribution in [3.8, 4) is 0 Å². The third-order valence-corrected chi connectivity index (χ3v) is 5.55. The van der Waals surface area contributed by atoms with Crippen LogP contribution in [0.25, 0.3) is 0 Å². The molecule has 0 saturated heterocycles. The number of nitrogens with one attached hydrogen (secondary N) is 1. The highest BCUT2D eigenvalue weighted by Gasteiger charge is 2.43. The molecule has 0 radical (unpaired) electrons. The molecule has 1 aliphatic heterocycles. The Morgan fingerprint density at radius 1 is 0.886 bits per heavy atom. The average molecular weight is 481 g/mol. The summed E-state index contributed by atoms with van der Waals surface area (Å²) < 4.78 is 9.94. The van der Waals surface area contributed by atoms with Crippen LogP contribution in [-0.4, -0.2) is 60.4 Å². The van der Waals surface area contributed by atoms with E-state index < -0.39 is 48.4 Å². The van der Waals surface area contributed by atoms with Crippen molar-refractivity contribution in [3.63, 3.8) is 0 Å². The number of amides is 3. The number of hydrogen-bond donors (Lipinski definition) is 1. The van der Waals surface area contributed by atoms with Crippen molar-refractivity contribution in [1.29, 1.82) is 0 Å². The quantitative estimate of drug-likeness (QED) is 0.409. The van der Waals surface area contributed by atoms with Gasteiger partial charge in [0.25, 0.3) is 17.7 Å². The van der Waals surface area contributed by atoms with Crippen molar-refractivity contribution >= 4 is 29.7 Å². The van der Waals surface area contributed by atoms with Gasteiger partial charge in [0.2, 0.25) is 0 Å². The predicted molar refractivity (Wildman–Crippen MR) is 125 cm³/mol. The van der Waals surface area contributed by atoms with Crippen LogP contribution >= 0.6 is 0 Å². The van der Waals surface area contributed by atoms with E-state index in [1.165, 1.54) is 19.2 Å². The molecule has 184 valence electrons. The number of carbonyl (C=O) groups is 5. The van der Waals surface area contributed by atoms with Gasteiger partial charge < -0.3 is 14.8 Å². The minimum absolute atomic E-state index is 0.0187. The number of fused-ring (bicyclic) bond motifs is 1. The summed E-state index contributed by atoms with van der Waals surface area (Å²) >= 11 is 0. The Morgan fingerprint density at radius 2 is 1.46 bits per heavy atom. The zero-order chi connectivity index (χ0) is 25.5. The number of methoxy groups -OCH3 is 1. The second-order valence-corrected chi connectivity index (χ2v) is 8.61. The van der Waals surface area contributed by atoms with Gasteiger partial charge in [0.15, 0.2) is 6.61 Å². The van der Waals surface area contributed by atoms with Gasteiger partial charge >= 0.3 is 11.9 Å². The fraction of sp³-hybridized carbons (Fsp3) is 0.346. The first-order chi connectivity index (χ1) is 16.7. The normalized spacial score (nSPS) is 14.3. The highest BCUT2D eigenvalue weighted by Crippen LogP contribution is 2.26. The largest absolute Gasteiger partial charge is 0.467 e. The Morgan fingerprint density at radius 3 is 2.00 bits per heavy atom. The van der Waals surface area contributed by atoms with E-state index in [1.807, 2.05) is 13.8 Å². The number of benzene rings is 2. The molecule has 3 amide bonds. The van der Waals surface area contributed by atoms with E-state index in [9.17, 15) is 24.0 Å². The molecule has 2 aromatic carbocycles. The number of carbonyl (C=O) groups excluding carboxylic acids is 5. The summed E-state index contributed by atoms with van der Waals surface area (Å²) in [5.41, 5.74) is 1.12. The van der Waals surface area contributed by atoms with Gasteiger partial charge in [0.05, 0.1) is 18.2 Å². The van der Waals surface area contributed by atoms with Crippen LogP contribution in [0.15, 0.2) is 54.6 Å². The van der Waals surface area contributed by atoms with Crippen LogP contribution in [0.1, 0.15) is 46.5 Å². The van der Waals surface area contributed by atoms with Crippen LogP contribution in [0.4, 0.5) is 0 Å². The molecule has 0 fully saturated rings. The molecular weight excluding hydrogens is 452 g/mol. The maximum atomic E-state index is 13.1. The Balaban J connectivity index is 1.75. The predicted octanol–water partition coefficient (Wildman–Crippen LogP) is 2.14. The summed E-state index contributed by atoms with van der Waals surface area (Å²) in [4.78, 5) is 64.4. The number of nitrogens with zero attached hydrogens (tertiary/aromatic N) is 1. The summed E-state index contributed by atoms with van der Waals surface area (Å²) in [6.45, 7) is 3.09. The SMILES string of the molecule is COC(=O)[C@@H](CC(C)C)NC(=O)COC(=O)[C@@H](Cc1ccccc1)N1C(=O)c2ccccc2C1=O. The molecule has 0 aliphatic carbocycles. The third-order valence-electron chi connectivity index (χ3n) is 5.55. The molecule has 0 unspecified atom stereocenters. The van der Waals surface area contributed by atoms with Crippen molar-refractivity contribution in [2.45, 2.75) is 38.8 Å². The Labute approximate surface area is 203 Å². The molecule has 2 aromatic rings. The van der Waals surface area contributed by atoms with Crippen molar-refractivity contribution < 1.29 is 33.4 Å². The van der Waals surface area contributed by atoms with Crippen molar-refractivity contribution in [2.24, 2.45) is 5.92 Å². The summed E-state index contributed by atoms with van der Waals surface area (Å²) in [5.74, 6) is -3.31. The van der Waals surface area contributed by atoms with Gasteiger partial charge in [-0.3, -0.25) is 19.3 Å². The number of hydrogen-bond acceptors (Lipinski definition) is 7. The van der Waals surface area contributed by atoms with Crippen molar-refractivity contribution in [2.75, 3.05) is 13.7 Å². The van der Waals surface area contributed by atoms with Gasteiger partial charge in [-0.05, 0) is 30.0 Å². The molecule has 35 heavy (non-hydrogen) atoms. The minimum Gasteiger partial charge on any atom is -0.467 e. The summed E-state index contributed by atoms with van der Waals surface area (Å²) in [6.07, 6.45) is 0.364. The molecule has 0 saturated carbocycles. The van der Waals surface area contributed by atoms with E-state index in [4.69, 9.17) is 9.47 Å². The second-order valence-electron chi connectivity index (χ2n) is 8.61. The zero-order valence-electron chi connectivity index (χ0n) is 19.9. The van der Waals surface area contributed by atoms with Gasteiger partial charge in [-0.15, -0.1) is 0 Å². The first-order valence-electron chi connectivity index (χ1n) is 11.3. The molecule has 1 N–H and O–H groups in total. The van der Waals surface area contributed by atoms with Crippen molar-refractivity contribution in [1.82, 2.24) is 10.2 Å². The van der Waals surface area contributed by atoms with Gasteiger partial charge in [0.1, 0.15) is 12.1 Å². The lowest BCUT2D eigenvalue weighted by molar-refractivity contribution is -0.153. The van der Waals surface area contributed by atoms with Crippen LogP contribution in [-0.2, 0) is 30.3 Å². The number of ether oxygens (including phenoxy) is 2. The van der Waals surface area contributed by atoms with E-state index in [-0.39, 0.29) is 23.5 Å². The maximum absolute atomic E-state index is 13.1. The summed E-state index contributed by atoms with van der Waals surface area (Å²) in [6, 6.07) is 13.0. The monoisotopic (exact) mass is 480 g/mol. The highest BCUT2D eigenvalue weighted by atomic mass is 16.5. The minimum atomic E-state index is -1.27. The van der Waals surface area contributed by atoms with E-state index in [2.05, 4.69) is 5.32 Å². The summed E-state index contributed by atoms with van der Waals surface area (Å²) in [7, 11) is 1.22. The molecule has 0 aromatic heterocycles. The van der Waals surface area contributed by atoms with Gasteiger partial charge in [-0.2, -0.15) is 0 Å². The lowest BCUT2D eigenvalue weighted by atomic mass is 10.0. The Kier molecular flexibility index (Phi) is 8.35. The van der Waals surface area contributed by atoms with E-state index in [0.717, 1.165) is 4.90 Å². The number of esters is 2. The summed E-state index contributed by atoms with van der Waals surface area (Å²) in [5, 5.41) is 2.51. The smallest absolute Gasteiger partial charge is 0.330 e. The van der Waals surface area contributed by atoms with E-state index in [1.54, 1.807) is 42.5 Å². The Bertz CT molecular complexity index is 1080. The molecule has 2 atom stereocenters. The molecule has 0 spiro atoms. The van der Waals surface area contributed by atoms with E-state index in [0.29, 0.717) is 12.0 Å². The standard InChI is InChI=1S/C26H28N2O7/c1-16(2)13-20(25(32)34-3)27-22(29)15-35-26(33)21(14-17-9-5-4-6-10-17)28-23(30)18-11-7-8-12-19(18)24(28)31/h4-12,16,20-21H,13-15H2,1-3H3,(H,27,29)/t20-,21-/m1/s1. The van der Waals surface area contributed by atoms with Crippen LogP contribution in [0.5, 0.6) is 0 Å². The zero-order valence-corrected chi connectivity index (χ0v) is 19.9. The second kappa shape index (κ2) is 11.4. The fourth-order valence-corrected chi connectivity index (χ4v) is 3.90. The van der Waals surface area contributed by atoms with Gasteiger partial charge in [-0.25, -0.2) is 9.59 Å². The molecule has 1 heterocycles. The van der Waals surface area contributed by atoms with Crippen LogP contribution < -0.4 is 5.32 Å². The molecule has 9 heteroatoms. The molecule has 1 aliphatic rings. The highest BCUT2D eigenvalue weighted by molar-refractivity contribution is 6.22. The number of imide groups is 1. The van der Waals surface area contributed by atoms with Crippen LogP contribution in [0, 0.1) is 5.92 Å². The first-order valence-corrected chi connectivity index (χ1v) is 11.3. The lowest BCUT2D eigenvalue weighted by Crippen LogP contribution is -2.48. The first kappa shape index (κ1) is 25.6. The average Bonchev–Trinajstić information content (AvgIpc) is 3.10. The molecule has 3 rings (SSSR count). The molecule has 9 nitrogen and oxygen atoms in total. The van der Waals surface area contributed by atoms with Crippen LogP contribution in [0.3, 0.4) is 0 Å². The molecule has 0 bridgehead atoms. The fourth-order valence-electron chi connectivity index (χ4n) is 3.90.